The van der Waals surface area contributed by atoms with E-state index >= 15 is 0 Å². The smallest absolute Gasteiger partial charge is 0.354 e. The molecule has 10 heteroatoms. The Morgan fingerprint density at radius 3 is 2.81 bits per heavy atom. The molecular formula is C11H11N5O5. The maximum Gasteiger partial charge on any atom is 0.354 e. The summed E-state index contributed by atoms with van der Waals surface area (Å²) in [5.74, 6) is -0.513. The first-order valence-electron chi connectivity index (χ1n) is 5.89. The van der Waals surface area contributed by atoms with Gasteiger partial charge in [-0.05, 0) is 6.07 Å². The van der Waals surface area contributed by atoms with E-state index in [4.69, 9.17) is 9.63 Å². The van der Waals surface area contributed by atoms with E-state index in [9.17, 15) is 14.9 Å². The highest BCUT2D eigenvalue weighted by Crippen LogP contribution is 2.22. The molecule has 0 aromatic carbocycles. The molecule has 0 amide bonds. The molecule has 0 spiro atoms. The number of hydrogen-bond acceptors (Lipinski definition) is 8. The van der Waals surface area contributed by atoms with E-state index in [-0.39, 0.29) is 23.7 Å². The van der Waals surface area contributed by atoms with Crippen molar-refractivity contribution in [1.29, 1.82) is 0 Å². The topological polar surface area (TPSA) is 144 Å². The van der Waals surface area contributed by atoms with Crippen LogP contribution in [-0.4, -0.2) is 37.7 Å². The van der Waals surface area contributed by atoms with Gasteiger partial charge in [0.25, 0.3) is 0 Å². The van der Waals surface area contributed by atoms with Gasteiger partial charge in [-0.2, -0.15) is 4.98 Å². The zero-order valence-corrected chi connectivity index (χ0v) is 10.9. The van der Waals surface area contributed by atoms with Crippen LogP contribution in [0.2, 0.25) is 0 Å². The van der Waals surface area contributed by atoms with Crippen LogP contribution in [0.5, 0.6) is 0 Å². The molecule has 0 unspecified atom stereocenters. The summed E-state index contributed by atoms with van der Waals surface area (Å²) in [5.41, 5.74) is -0.581. The van der Waals surface area contributed by atoms with Crippen LogP contribution in [0.25, 0.3) is 0 Å². The summed E-state index contributed by atoms with van der Waals surface area (Å²) in [7, 11) is 0. The zero-order chi connectivity index (χ0) is 15.4. The quantitative estimate of drug-likeness (QED) is 0.589. The summed E-state index contributed by atoms with van der Waals surface area (Å²) in [6.07, 6.45) is 0.355. The Morgan fingerprint density at radius 1 is 1.48 bits per heavy atom. The van der Waals surface area contributed by atoms with Gasteiger partial charge in [0.1, 0.15) is 0 Å². The Morgan fingerprint density at radius 2 is 2.24 bits per heavy atom. The van der Waals surface area contributed by atoms with Gasteiger partial charge in [-0.15, -0.1) is 0 Å². The van der Waals surface area contributed by atoms with Gasteiger partial charge in [-0.25, -0.2) is 9.78 Å². The first-order chi connectivity index (χ1) is 9.97. The minimum absolute atomic E-state index is 0.111. The Kier molecular flexibility index (Phi) is 4.07. The molecule has 2 rings (SSSR count). The predicted octanol–water partition coefficient (Wildman–Crippen LogP) is 1.03. The van der Waals surface area contributed by atoms with Crippen molar-refractivity contribution in [2.75, 3.05) is 11.9 Å². The lowest BCUT2D eigenvalue weighted by Gasteiger charge is -2.05. The van der Waals surface area contributed by atoms with Gasteiger partial charge in [-0.3, -0.25) is 10.1 Å². The average Bonchev–Trinajstić information content (AvgIpc) is 2.84. The molecule has 2 aromatic rings. The fourth-order valence-corrected chi connectivity index (χ4v) is 1.58. The molecule has 0 atom stereocenters. The van der Waals surface area contributed by atoms with Gasteiger partial charge in [0, 0.05) is 26.0 Å². The third-order valence-corrected chi connectivity index (χ3v) is 2.50. The summed E-state index contributed by atoms with van der Waals surface area (Å²) < 4.78 is 4.79. The molecule has 0 aliphatic heterocycles. The fourth-order valence-electron chi connectivity index (χ4n) is 1.58. The van der Waals surface area contributed by atoms with Gasteiger partial charge in [0.2, 0.25) is 11.7 Å². The lowest BCUT2D eigenvalue weighted by atomic mass is 10.3. The number of aromatic nitrogens is 3. The van der Waals surface area contributed by atoms with E-state index in [0.717, 1.165) is 12.1 Å². The monoisotopic (exact) mass is 293 g/mol. The van der Waals surface area contributed by atoms with Crippen LogP contribution in [0.4, 0.5) is 11.5 Å². The highest BCUT2D eigenvalue weighted by Gasteiger charge is 2.18. The van der Waals surface area contributed by atoms with E-state index in [1.165, 1.54) is 0 Å². The summed E-state index contributed by atoms with van der Waals surface area (Å²) >= 11 is 0. The summed E-state index contributed by atoms with van der Waals surface area (Å²) in [6, 6.07) is 2.17. The number of carboxylic acids is 1. The molecule has 2 N–H and O–H groups in total. The second-order valence-corrected chi connectivity index (χ2v) is 4.03. The third kappa shape index (κ3) is 3.49. The fraction of sp³-hybridized carbons (Fsp3) is 0.273. The molecule has 0 radical (unpaired) electrons. The third-order valence-electron chi connectivity index (χ3n) is 2.50. The van der Waals surface area contributed by atoms with Crippen molar-refractivity contribution in [3.8, 4) is 0 Å². The number of carbonyl (C=O) groups is 1. The Bertz CT molecular complexity index is 683. The molecule has 21 heavy (non-hydrogen) atoms. The molecule has 110 valence electrons. The van der Waals surface area contributed by atoms with Crippen molar-refractivity contribution in [2.24, 2.45) is 0 Å². The van der Waals surface area contributed by atoms with Crippen molar-refractivity contribution in [2.45, 2.75) is 13.3 Å². The van der Waals surface area contributed by atoms with E-state index in [1.54, 1.807) is 6.92 Å². The van der Waals surface area contributed by atoms with Crippen molar-refractivity contribution in [3.05, 3.63) is 39.7 Å². The molecule has 2 aromatic heterocycles. The minimum Gasteiger partial charge on any atom is -0.477 e. The molecule has 0 bridgehead atoms. The molecule has 2 heterocycles. The van der Waals surface area contributed by atoms with E-state index in [2.05, 4.69) is 20.4 Å². The normalized spacial score (nSPS) is 10.3. The first-order valence-corrected chi connectivity index (χ1v) is 5.89. The van der Waals surface area contributed by atoms with Gasteiger partial charge in [-0.1, -0.05) is 5.16 Å². The predicted molar refractivity (Wildman–Crippen MR) is 69.1 cm³/mol. The van der Waals surface area contributed by atoms with Crippen molar-refractivity contribution < 1.29 is 19.3 Å². The van der Waals surface area contributed by atoms with Crippen molar-refractivity contribution >= 4 is 17.5 Å². The van der Waals surface area contributed by atoms with Crippen molar-refractivity contribution in [3.63, 3.8) is 0 Å². The number of pyridine rings is 1. The van der Waals surface area contributed by atoms with Crippen LogP contribution < -0.4 is 5.32 Å². The van der Waals surface area contributed by atoms with Gasteiger partial charge < -0.3 is 14.9 Å². The number of carboxylic acid groups (broad SMARTS) is 1. The molecule has 0 saturated heterocycles. The van der Waals surface area contributed by atoms with E-state index < -0.39 is 10.9 Å². The second-order valence-electron chi connectivity index (χ2n) is 4.03. The van der Waals surface area contributed by atoms with E-state index in [0.29, 0.717) is 18.1 Å². The van der Waals surface area contributed by atoms with Crippen LogP contribution in [0.15, 0.2) is 16.7 Å². The van der Waals surface area contributed by atoms with Crippen molar-refractivity contribution in [1.82, 2.24) is 15.1 Å². The lowest BCUT2D eigenvalue weighted by molar-refractivity contribution is -0.384. The Labute approximate surface area is 118 Å². The Balaban J connectivity index is 2.11. The SMILES string of the molecule is Cc1nc(CCNc2nc(C(=O)O)ccc2[N+](=O)[O-])no1. The highest BCUT2D eigenvalue weighted by molar-refractivity contribution is 5.86. The maximum absolute atomic E-state index is 10.9. The van der Waals surface area contributed by atoms with Crippen LogP contribution in [0.1, 0.15) is 22.2 Å². The number of nitro groups is 1. The first kappa shape index (κ1) is 14.4. The average molecular weight is 293 g/mol. The number of aromatic carboxylic acids is 1. The standard InChI is InChI=1S/C11H11N5O5/c1-6-13-9(15-21-6)4-5-12-10-8(16(19)20)3-2-7(14-10)11(17)18/h2-3H,4-5H2,1H3,(H,12,14)(H,17,18). The second kappa shape index (κ2) is 5.94. The lowest BCUT2D eigenvalue weighted by Crippen LogP contribution is -2.11. The molecule has 0 saturated carbocycles. The minimum atomic E-state index is -1.26. The van der Waals surface area contributed by atoms with Gasteiger partial charge >= 0.3 is 11.7 Å². The molecule has 0 aliphatic carbocycles. The number of rotatable bonds is 6. The van der Waals surface area contributed by atoms with Crippen LogP contribution in [-0.2, 0) is 6.42 Å². The summed E-state index contributed by atoms with van der Waals surface area (Å²) in [5, 5.41) is 26.1. The molecular weight excluding hydrogens is 282 g/mol. The zero-order valence-electron chi connectivity index (χ0n) is 10.9. The number of hydrogen-bond donors (Lipinski definition) is 2. The Hall–Kier alpha value is -3.04. The number of anilines is 1. The molecule has 0 aliphatic rings. The maximum atomic E-state index is 10.9. The summed E-state index contributed by atoms with van der Waals surface area (Å²) in [6.45, 7) is 1.89. The number of nitrogens with zero attached hydrogens (tertiary/aromatic N) is 4. The van der Waals surface area contributed by atoms with Crippen LogP contribution >= 0.6 is 0 Å². The van der Waals surface area contributed by atoms with Gasteiger partial charge in [0.05, 0.1) is 4.92 Å². The molecule has 0 fully saturated rings. The molecule has 10 nitrogen and oxygen atoms in total. The largest absolute Gasteiger partial charge is 0.477 e. The van der Waals surface area contributed by atoms with Crippen LogP contribution in [0.3, 0.4) is 0 Å². The number of aryl methyl sites for hydroxylation is 1. The van der Waals surface area contributed by atoms with Gasteiger partial charge in [0.15, 0.2) is 11.5 Å². The highest BCUT2D eigenvalue weighted by atomic mass is 16.6. The van der Waals surface area contributed by atoms with Crippen LogP contribution in [0, 0.1) is 17.0 Å². The van der Waals surface area contributed by atoms with E-state index in [1.807, 2.05) is 0 Å². The summed E-state index contributed by atoms with van der Waals surface area (Å²) in [4.78, 5) is 28.8. The number of nitrogens with one attached hydrogen (secondary N) is 1.